The Kier molecular flexibility index (Phi) is 4.89. The van der Waals surface area contributed by atoms with Gasteiger partial charge in [-0.2, -0.15) is 8.42 Å². The molecule has 186 valence electrons. The molecule has 1 aromatic rings. The molecule has 5 unspecified atom stereocenters. The van der Waals surface area contributed by atoms with Crippen molar-refractivity contribution in [1.82, 2.24) is 0 Å². The van der Waals surface area contributed by atoms with E-state index in [1.165, 1.54) is 5.57 Å². The first-order valence-electron chi connectivity index (χ1n) is 12.0. The number of ether oxygens (including phenoxy) is 1. The third kappa shape index (κ3) is 2.64. The molecule has 5 aliphatic rings. The maximum Gasteiger partial charge on any atom is 0.338 e. The quantitative estimate of drug-likeness (QED) is 0.349. The Bertz CT molecular complexity index is 1230. The fourth-order valence-corrected chi connectivity index (χ4v) is 9.34. The van der Waals surface area contributed by atoms with Crippen LogP contribution in [-0.4, -0.2) is 40.3 Å². The summed E-state index contributed by atoms with van der Waals surface area (Å²) in [5.74, 6) is -1.31. The predicted octanol–water partition coefficient (Wildman–Crippen LogP) is 4.91. The summed E-state index contributed by atoms with van der Waals surface area (Å²) < 4.78 is 46.0. The van der Waals surface area contributed by atoms with Crippen LogP contribution in [-0.2, 0) is 23.5 Å². The van der Waals surface area contributed by atoms with Crippen molar-refractivity contribution >= 4 is 18.4 Å². The van der Waals surface area contributed by atoms with E-state index in [0.717, 1.165) is 17.6 Å². The second kappa shape index (κ2) is 6.85. The van der Waals surface area contributed by atoms with Crippen LogP contribution in [0, 0.1) is 29.1 Å². The highest BCUT2D eigenvalue weighted by Crippen LogP contribution is 2.80. The molecule has 6 nitrogen and oxygen atoms in total. The molecule has 2 fully saturated rings. The van der Waals surface area contributed by atoms with Gasteiger partial charge in [-0.1, -0.05) is 43.2 Å². The van der Waals surface area contributed by atoms with Crippen molar-refractivity contribution < 1.29 is 26.9 Å². The summed E-state index contributed by atoms with van der Waals surface area (Å²) in [7, 11) is -6.25. The first-order valence-corrected chi connectivity index (χ1v) is 16.9. The van der Waals surface area contributed by atoms with Crippen LogP contribution >= 0.6 is 0 Å². The molecule has 0 aromatic heterocycles. The van der Waals surface area contributed by atoms with Crippen LogP contribution in [0.25, 0.3) is 0 Å². The zero-order chi connectivity index (χ0) is 25.1. The minimum atomic E-state index is -4.12. The van der Waals surface area contributed by atoms with Crippen LogP contribution in [0.4, 0.5) is 0 Å². The number of benzene rings is 1. The Balaban J connectivity index is 1.77. The van der Waals surface area contributed by atoms with Crippen LogP contribution in [0.5, 0.6) is 0 Å². The molecule has 6 atom stereocenters. The SMILES string of the molecule is CC1=C(OS(=O)(=O)c2ccc(C)cc2)C2(C)C3(C)COC2(O)C(O[Si](C)(C)C)C12C3=CC[C@@H]2C. The van der Waals surface area contributed by atoms with Crippen molar-refractivity contribution in [2.45, 2.75) is 77.5 Å². The van der Waals surface area contributed by atoms with E-state index in [-0.39, 0.29) is 17.4 Å². The highest BCUT2D eigenvalue weighted by Gasteiger charge is 2.85. The summed E-state index contributed by atoms with van der Waals surface area (Å²) in [4.78, 5) is 0.0940. The smallest absolute Gasteiger partial charge is 0.338 e. The summed E-state index contributed by atoms with van der Waals surface area (Å²) >= 11 is 0. The van der Waals surface area contributed by atoms with Gasteiger partial charge in [0.1, 0.15) is 16.8 Å². The normalized spacial score (nSPS) is 41.0. The first kappa shape index (κ1) is 24.3. The standard InChI is InChI=1S/C26H36O6SSi/c1-16-9-12-19(13-10-16)33(28,29)31-21-18(3)25-17(2)11-14-20(25)23(4)15-30-26(27,24(21,23)5)22(25)32-34(6,7)8/h9-10,12-14,17,22,27H,11,15H2,1-8H3/t17-,22?,23?,24?,25?,26?/m0/s1. The van der Waals surface area contributed by atoms with Gasteiger partial charge in [-0.05, 0) is 70.5 Å². The predicted molar refractivity (Wildman–Crippen MR) is 132 cm³/mol. The van der Waals surface area contributed by atoms with Crippen molar-refractivity contribution in [2.24, 2.45) is 22.2 Å². The number of aliphatic hydroxyl groups is 1. The molecule has 0 radical (unpaired) electrons. The molecule has 6 rings (SSSR count). The van der Waals surface area contributed by atoms with E-state index >= 15 is 0 Å². The van der Waals surface area contributed by atoms with Crippen LogP contribution in [0.15, 0.2) is 52.1 Å². The maximum absolute atomic E-state index is 13.5. The van der Waals surface area contributed by atoms with Gasteiger partial charge in [-0.15, -0.1) is 0 Å². The van der Waals surface area contributed by atoms with Crippen molar-refractivity contribution in [3.8, 4) is 0 Å². The summed E-state index contributed by atoms with van der Waals surface area (Å²) in [6.07, 6.45) is 2.47. The lowest BCUT2D eigenvalue weighted by Gasteiger charge is -2.67. The molecule has 1 saturated carbocycles. The molecule has 1 aliphatic heterocycles. The van der Waals surface area contributed by atoms with Crippen LogP contribution in [0.2, 0.25) is 19.6 Å². The second-order valence-corrected chi connectivity index (χ2v) is 18.0. The molecule has 1 saturated heterocycles. The van der Waals surface area contributed by atoms with E-state index in [9.17, 15) is 13.5 Å². The van der Waals surface area contributed by atoms with E-state index < -0.39 is 46.6 Å². The Morgan fingerprint density at radius 3 is 2.32 bits per heavy atom. The van der Waals surface area contributed by atoms with E-state index in [2.05, 4.69) is 39.6 Å². The average Bonchev–Trinajstić information content (AvgIpc) is 3.16. The maximum atomic E-state index is 13.5. The fraction of sp³-hybridized carbons (Fsp3) is 0.615. The van der Waals surface area contributed by atoms with Crippen molar-refractivity contribution in [3.05, 3.63) is 52.8 Å². The largest absolute Gasteiger partial charge is 0.408 e. The Morgan fingerprint density at radius 1 is 1.12 bits per heavy atom. The van der Waals surface area contributed by atoms with Gasteiger partial charge in [0.15, 0.2) is 8.32 Å². The lowest BCUT2D eigenvalue weighted by atomic mass is 9.39. The highest BCUT2D eigenvalue weighted by molar-refractivity contribution is 7.86. The van der Waals surface area contributed by atoms with E-state index in [1.54, 1.807) is 24.3 Å². The molecule has 1 N–H and O–H groups in total. The zero-order valence-electron chi connectivity index (χ0n) is 21.4. The minimum Gasteiger partial charge on any atom is -0.408 e. The number of allylic oxidation sites excluding steroid dienone is 1. The Hall–Kier alpha value is -1.45. The summed E-state index contributed by atoms with van der Waals surface area (Å²) in [5.41, 5.74) is 0.547. The number of aryl methyl sites for hydroxylation is 1. The third-order valence-corrected chi connectivity index (χ3v) is 11.2. The average molecular weight is 505 g/mol. The summed E-state index contributed by atoms with van der Waals surface area (Å²) in [6, 6.07) is 6.63. The molecule has 34 heavy (non-hydrogen) atoms. The van der Waals surface area contributed by atoms with Gasteiger partial charge >= 0.3 is 10.1 Å². The molecular weight excluding hydrogens is 468 g/mol. The van der Waals surface area contributed by atoms with Gasteiger partial charge in [0, 0.05) is 10.8 Å². The Morgan fingerprint density at radius 2 is 1.74 bits per heavy atom. The molecule has 4 aliphatic carbocycles. The van der Waals surface area contributed by atoms with E-state index in [0.29, 0.717) is 5.76 Å². The highest BCUT2D eigenvalue weighted by atomic mass is 32.2. The first-order chi connectivity index (χ1) is 15.6. The van der Waals surface area contributed by atoms with Crippen LogP contribution in [0.1, 0.15) is 39.7 Å². The van der Waals surface area contributed by atoms with Gasteiger partial charge < -0.3 is 18.5 Å². The molecular formula is C26H36O6SSi. The van der Waals surface area contributed by atoms with Gasteiger partial charge in [0.05, 0.1) is 12.0 Å². The zero-order valence-corrected chi connectivity index (χ0v) is 23.2. The van der Waals surface area contributed by atoms with Gasteiger partial charge in [0.25, 0.3) is 0 Å². The fourth-order valence-electron chi connectivity index (χ4n) is 7.21. The molecule has 1 heterocycles. The summed E-state index contributed by atoms with van der Waals surface area (Å²) in [5, 5.41) is 12.3. The summed E-state index contributed by atoms with van der Waals surface area (Å²) in [6.45, 7) is 16.6. The molecule has 1 spiro atoms. The lowest BCUT2D eigenvalue weighted by Crippen LogP contribution is -2.74. The van der Waals surface area contributed by atoms with Gasteiger partial charge in [-0.25, -0.2) is 0 Å². The Labute approximate surface area is 204 Å². The number of hydrogen-bond acceptors (Lipinski definition) is 6. The third-order valence-electron chi connectivity index (χ3n) is 9.05. The van der Waals surface area contributed by atoms with E-state index in [4.69, 9.17) is 13.3 Å². The topological polar surface area (TPSA) is 82.1 Å². The number of rotatable bonds is 5. The van der Waals surface area contributed by atoms with Crippen LogP contribution < -0.4 is 0 Å². The van der Waals surface area contributed by atoms with Crippen LogP contribution in [0.3, 0.4) is 0 Å². The van der Waals surface area contributed by atoms with E-state index in [1.807, 2.05) is 20.8 Å². The van der Waals surface area contributed by atoms with Gasteiger partial charge in [-0.3, -0.25) is 0 Å². The molecule has 0 amide bonds. The minimum absolute atomic E-state index is 0.0940. The molecule has 1 aromatic carbocycles. The molecule has 4 bridgehead atoms. The second-order valence-electron chi connectivity index (χ2n) is 12.0. The lowest BCUT2D eigenvalue weighted by molar-refractivity contribution is -0.308. The molecule has 8 heteroatoms. The monoisotopic (exact) mass is 504 g/mol. The number of hydrogen-bond donors (Lipinski definition) is 1. The van der Waals surface area contributed by atoms with Gasteiger partial charge in [0.2, 0.25) is 5.79 Å². The van der Waals surface area contributed by atoms with Crippen molar-refractivity contribution in [2.75, 3.05) is 6.61 Å². The van der Waals surface area contributed by atoms with Crippen molar-refractivity contribution in [3.63, 3.8) is 0 Å². The van der Waals surface area contributed by atoms with Crippen molar-refractivity contribution in [1.29, 1.82) is 0 Å².